The molecule has 0 aliphatic rings. The van der Waals surface area contributed by atoms with Crippen LogP contribution in [0, 0.1) is 12.7 Å². The van der Waals surface area contributed by atoms with Gasteiger partial charge in [-0.1, -0.05) is 22.0 Å². The number of hydrogen-bond donors (Lipinski definition) is 2. The number of halogens is 2. The molecule has 3 nitrogen and oxygen atoms in total. The lowest BCUT2D eigenvalue weighted by molar-refractivity contribution is 0.543. The molecule has 0 saturated carbocycles. The van der Waals surface area contributed by atoms with Crippen LogP contribution in [0.25, 0.3) is 0 Å². The number of nitrogens with one attached hydrogen (secondary N) is 1. The summed E-state index contributed by atoms with van der Waals surface area (Å²) in [7, 11) is 0. The molecule has 2 rings (SSSR count). The summed E-state index contributed by atoms with van der Waals surface area (Å²) in [6.07, 6.45) is 2.33. The Morgan fingerprint density at radius 3 is 2.89 bits per heavy atom. The summed E-state index contributed by atoms with van der Waals surface area (Å²) in [5, 5.41) is 0. The smallest absolute Gasteiger partial charge is 0.123 e. The quantitative estimate of drug-likeness (QED) is 0.671. The third kappa shape index (κ3) is 3.37. The normalized spacial score (nSPS) is 12.4. The van der Waals surface area contributed by atoms with Crippen LogP contribution in [-0.2, 0) is 6.42 Å². The SMILES string of the molecule is Cc1ncccc1C(Cc1cc(F)ccc1Br)NN. The van der Waals surface area contributed by atoms with Crippen molar-refractivity contribution in [3.05, 3.63) is 63.6 Å². The summed E-state index contributed by atoms with van der Waals surface area (Å²) in [6.45, 7) is 1.93. The lowest BCUT2D eigenvalue weighted by atomic mass is 9.98. The Labute approximate surface area is 120 Å². The first-order valence-electron chi connectivity index (χ1n) is 5.93. The van der Waals surface area contributed by atoms with Crippen LogP contribution in [0.3, 0.4) is 0 Å². The minimum atomic E-state index is -0.253. The highest BCUT2D eigenvalue weighted by molar-refractivity contribution is 9.10. The zero-order valence-corrected chi connectivity index (χ0v) is 12.1. The van der Waals surface area contributed by atoms with E-state index < -0.39 is 0 Å². The predicted octanol–water partition coefficient (Wildman–Crippen LogP) is 3.04. The zero-order valence-electron chi connectivity index (χ0n) is 10.5. The molecule has 1 atom stereocenters. The number of aryl methyl sites for hydroxylation is 1. The molecule has 1 aromatic carbocycles. The van der Waals surface area contributed by atoms with Gasteiger partial charge in [-0.25, -0.2) is 4.39 Å². The number of pyridine rings is 1. The van der Waals surface area contributed by atoms with Crippen LogP contribution in [0.2, 0.25) is 0 Å². The highest BCUT2D eigenvalue weighted by atomic mass is 79.9. The average Bonchev–Trinajstić information content (AvgIpc) is 2.41. The summed E-state index contributed by atoms with van der Waals surface area (Å²) in [5.41, 5.74) is 5.57. The highest BCUT2D eigenvalue weighted by Crippen LogP contribution is 2.25. The summed E-state index contributed by atoms with van der Waals surface area (Å²) in [4.78, 5) is 4.25. The third-order valence-electron chi connectivity index (χ3n) is 3.06. The molecule has 0 bridgehead atoms. The van der Waals surface area contributed by atoms with E-state index in [2.05, 4.69) is 26.3 Å². The van der Waals surface area contributed by atoms with Gasteiger partial charge in [0.1, 0.15) is 5.82 Å². The molecule has 0 aliphatic carbocycles. The fourth-order valence-corrected chi connectivity index (χ4v) is 2.45. The van der Waals surface area contributed by atoms with Crippen molar-refractivity contribution in [2.45, 2.75) is 19.4 Å². The Morgan fingerprint density at radius 1 is 1.42 bits per heavy atom. The van der Waals surface area contributed by atoms with Crippen molar-refractivity contribution >= 4 is 15.9 Å². The van der Waals surface area contributed by atoms with Crippen LogP contribution in [0.15, 0.2) is 41.0 Å². The molecule has 1 aromatic heterocycles. The number of nitrogens with zero attached hydrogens (tertiary/aromatic N) is 1. The molecule has 100 valence electrons. The Bertz CT molecular complexity index is 574. The zero-order chi connectivity index (χ0) is 13.8. The lowest BCUT2D eigenvalue weighted by Gasteiger charge is -2.18. The topological polar surface area (TPSA) is 50.9 Å². The van der Waals surface area contributed by atoms with Gasteiger partial charge in [0, 0.05) is 16.4 Å². The van der Waals surface area contributed by atoms with Gasteiger partial charge in [-0.3, -0.25) is 16.3 Å². The molecule has 19 heavy (non-hydrogen) atoms. The maximum Gasteiger partial charge on any atom is 0.123 e. The van der Waals surface area contributed by atoms with Gasteiger partial charge in [0.2, 0.25) is 0 Å². The first kappa shape index (κ1) is 14.1. The molecular formula is C14H15BrFN3. The van der Waals surface area contributed by atoms with Crippen LogP contribution in [0.5, 0.6) is 0 Å². The average molecular weight is 324 g/mol. The molecule has 1 unspecified atom stereocenters. The number of rotatable bonds is 4. The molecule has 5 heteroatoms. The Kier molecular flexibility index (Phi) is 4.63. The first-order valence-corrected chi connectivity index (χ1v) is 6.72. The van der Waals surface area contributed by atoms with Crippen molar-refractivity contribution in [3.63, 3.8) is 0 Å². The van der Waals surface area contributed by atoms with Gasteiger partial charge in [0.25, 0.3) is 0 Å². The maximum atomic E-state index is 13.3. The minimum Gasteiger partial charge on any atom is -0.271 e. The fraction of sp³-hybridized carbons (Fsp3) is 0.214. The molecular weight excluding hydrogens is 309 g/mol. The van der Waals surface area contributed by atoms with Gasteiger partial charge >= 0.3 is 0 Å². The lowest BCUT2D eigenvalue weighted by Crippen LogP contribution is -2.30. The Morgan fingerprint density at radius 2 is 2.21 bits per heavy atom. The molecule has 1 heterocycles. The fourth-order valence-electron chi connectivity index (χ4n) is 2.04. The second-order valence-corrected chi connectivity index (χ2v) is 5.19. The monoisotopic (exact) mass is 323 g/mol. The van der Waals surface area contributed by atoms with Gasteiger partial charge in [-0.05, 0) is 48.7 Å². The second kappa shape index (κ2) is 6.23. The number of nitrogens with two attached hydrogens (primary N) is 1. The van der Waals surface area contributed by atoms with Gasteiger partial charge in [0.05, 0.1) is 6.04 Å². The molecule has 0 amide bonds. The van der Waals surface area contributed by atoms with Crippen LogP contribution in [0.4, 0.5) is 4.39 Å². The van der Waals surface area contributed by atoms with Crippen molar-refractivity contribution in [2.24, 2.45) is 5.84 Å². The second-order valence-electron chi connectivity index (χ2n) is 4.34. The number of aromatic nitrogens is 1. The van der Waals surface area contributed by atoms with Crippen molar-refractivity contribution in [2.75, 3.05) is 0 Å². The van der Waals surface area contributed by atoms with E-state index in [1.54, 1.807) is 12.3 Å². The maximum absolute atomic E-state index is 13.3. The van der Waals surface area contributed by atoms with E-state index in [0.717, 1.165) is 21.3 Å². The van der Waals surface area contributed by atoms with E-state index in [4.69, 9.17) is 5.84 Å². The van der Waals surface area contributed by atoms with Gasteiger partial charge in [-0.15, -0.1) is 0 Å². The highest BCUT2D eigenvalue weighted by Gasteiger charge is 2.15. The summed E-state index contributed by atoms with van der Waals surface area (Å²) >= 11 is 3.43. The molecule has 0 fully saturated rings. The third-order valence-corrected chi connectivity index (χ3v) is 3.83. The summed E-state index contributed by atoms with van der Waals surface area (Å²) in [5.74, 6) is 5.37. The minimum absolute atomic E-state index is 0.105. The number of benzene rings is 1. The van der Waals surface area contributed by atoms with Crippen LogP contribution in [-0.4, -0.2) is 4.98 Å². The molecule has 0 spiro atoms. The van der Waals surface area contributed by atoms with E-state index in [-0.39, 0.29) is 11.9 Å². The molecule has 3 N–H and O–H groups in total. The largest absolute Gasteiger partial charge is 0.271 e. The molecule has 0 aliphatic heterocycles. The first-order chi connectivity index (χ1) is 9.11. The molecule has 0 radical (unpaired) electrons. The van der Waals surface area contributed by atoms with Crippen LogP contribution < -0.4 is 11.3 Å². The number of hydrazine groups is 1. The predicted molar refractivity (Wildman–Crippen MR) is 76.8 cm³/mol. The Hall–Kier alpha value is -1.30. The Balaban J connectivity index is 2.29. The van der Waals surface area contributed by atoms with E-state index in [9.17, 15) is 4.39 Å². The summed E-state index contributed by atoms with van der Waals surface area (Å²) in [6, 6.07) is 8.38. The van der Waals surface area contributed by atoms with Crippen LogP contribution >= 0.6 is 15.9 Å². The van der Waals surface area contributed by atoms with E-state index in [1.165, 1.54) is 12.1 Å². The van der Waals surface area contributed by atoms with E-state index in [1.807, 2.05) is 19.1 Å². The number of hydrogen-bond acceptors (Lipinski definition) is 3. The van der Waals surface area contributed by atoms with Crippen molar-refractivity contribution in [1.29, 1.82) is 0 Å². The summed E-state index contributed by atoms with van der Waals surface area (Å²) < 4.78 is 14.2. The molecule has 2 aromatic rings. The van der Waals surface area contributed by atoms with Gasteiger partial charge in [0.15, 0.2) is 0 Å². The van der Waals surface area contributed by atoms with Gasteiger partial charge in [-0.2, -0.15) is 0 Å². The van der Waals surface area contributed by atoms with Crippen molar-refractivity contribution < 1.29 is 4.39 Å². The van der Waals surface area contributed by atoms with E-state index in [0.29, 0.717) is 6.42 Å². The van der Waals surface area contributed by atoms with Gasteiger partial charge < -0.3 is 0 Å². The molecule has 0 saturated heterocycles. The van der Waals surface area contributed by atoms with E-state index >= 15 is 0 Å². The van der Waals surface area contributed by atoms with Crippen LogP contribution in [0.1, 0.15) is 22.9 Å². The standard InChI is InChI=1S/C14H15BrFN3/c1-9-12(3-2-6-18-9)14(19-17)8-10-7-11(16)4-5-13(10)15/h2-7,14,19H,8,17H2,1H3. The van der Waals surface area contributed by atoms with Crippen molar-refractivity contribution in [3.8, 4) is 0 Å². The van der Waals surface area contributed by atoms with Crippen molar-refractivity contribution in [1.82, 2.24) is 10.4 Å².